The lowest BCUT2D eigenvalue weighted by Crippen LogP contribution is -2.36. The normalized spacial score (nSPS) is 10.2. The predicted octanol–water partition coefficient (Wildman–Crippen LogP) is 2.25. The van der Waals surface area contributed by atoms with Gasteiger partial charge in [0.25, 0.3) is 0 Å². The van der Waals surface area contributed by atoms with Crippen LogP contribution in [0.3, 0.4) is 0 Å². The fraction of sp³-hybridized carbons (Fsp3) is 0.200. The first-order chi connectivity index (χ1) is 10.2. The molecule has 0 radical (unpaired) electrons. The van der Waals surface area contributed by atoms with E-state index in [0.717, 1.165) is 5.56 Å². The molecule has 0 fully saturated rings. The number of carbonyl (C=O) groups is 1. The van der Waals surface area contributed by atoms with Crippen LogP contribution in [0, 0.1) is 5.82 Å². The lowest BCUT2D eigenvalue weighted by atomic mass is 10.2. The van der Waals surface area contributed by atoms with Gasteiger partial charge in [-0.3, -0.25) is 4.98 Å². The number of benzene rings is 1. The Kier molecular flexibility index (Phi) is 5.22. The second kappa shape index (κ2) is 7.35. The third-order valence-electron chi connectivity index (χ3n) is 2.85. The lowest BCUT2D eigenvalue weighted by molar-refractivity contribution is 0.185. The Morgan fingerprint density at radius 1 is 1.29 bits per heavy atom. The van der Waals surface area contributed by atoms with Gasteiger partial charge in [-0.2, -0.15) is 0 Å². The summed E-state index contributed by atoms with van der Waals surface area (Å²) >= 11 is 0. The highest BCUT2D eigenvalue weighted by molar-refractivity contribution is 5.89. The third kappa shape index (κ3) is 4.54. The molecule has 0 aliphatic carbocycles. The van der Waals surface area contributed by atoms with Crippen molar-refractivity contribution in [1.29, 1.82) is 0 Å². The summed E-state index contributed by atoms with van der Waals surface area (Å²) in [6.07, 6.45) is 3.31. The lowest BCUT2D eigenvalue weighted by Gasteiger charge is -2.22. The largest absolute Gasteiger partial charge is 0.395 e. The number of halogens is 1. The van der Waals surface area contributed by atoms with Gasteiger partial charge in [0, 0.05) is 31.2 Å². The van der Waals surface area contributed by atoms with E-state index in [2.05, 4.69) is 10.3 Å². The number of aliphatic hydroxyl groups is 1. The summed E-state index contributed by atoms with van der Waals surface area (Å²) in [5.74, 6) is -0.365. The molecule has 2 amide bonds. The van der Waals surface area contributed by atoms with Crippen molar-refractivity contribution in [3.05, 3.63) is 60.2 Å². The van der Waals surface area contributed by atoms with E-state index in [1.807, 2.05) is 6.07 Å². The highest BCUT2D eigenvalue weighted by Gasteiger charge is 2.13. The van der Waals surface area contributed by atoms with Crippen LogP contribution < -0.4 is 5.32 Å². The monoisotopic (exact) mass is 289 g/mol. The summed E-state index contributed by atoms with van der Waals surface area (Å²) in [5.41, 5.74) is 1.36. The number of hydrogen-bond donors (Lipinski definition) is 2. The topological polar surface area (TPSA) is 65.5 Å². The number of anilines is 1. The van der Waals surface area contributed by atoms with Gasteiger partial charge in [0.2, 0.25) is 0 Å². The van der Waals surface area contributed by atoms with Crippen molar-refractivity contribution < 1.29 is 14.3 Å². The molecule has 6 heteroatoms. The number of aliphatic hydroxyl groups excluding tert-OH is 1. The number of aromatic nitrogens is 1. The van der Waals surface area contributed by atoms with Gasteiger partial charge in [0.1, 0.15) is 5.82 Å². The SMILES string of the molecule is O=C(Nc1ccc(F)cc1)N(CCO)Cc1cccnc1. The first-order valence-corrected chi connectivity index (χ1v) is 6.50. The minimum absolute atomic E-state index is 0.142. The maximum Gasteiger partial charge on any atom is 0.322 e. The zero-order valence-corrected chi connectivity index (χ0v) is 11.4. The van der Waals surface area contributed by atoms with Crippen molar-refractivity contribution in [3.63, 3.8) is 0 Å². The third-order valence-corrected chi connectivity index (χ3v) is 2.85. The molecule has 1 heterocycles. The number of nitrogens with zero attached hydrogens (tertiary/aromatic N) is 2. The Labute approximate surface area is 122 Å². The van der Waals surface area contributed by atoms with Crippen LogP contribution in [-0.2, 0) is 6.54 Å². The average Bonchev–Trinajstić information content (AvgIpc) is 2.50. The Morgan fingerprint density at radius 3 is 2.67 bits per heavy atom. The van der Waals surface area contributed by atoms with Crippen molar-refractivity contribution in [2.24, 2.45) is 0 Å². The summed E-state index contributed by atoms with van der Waals surface area (Å²) in [6.45, 7) is 0.389. The number of urea groups is 1. The van der Waals surface area contributed by atoms with Crippen LogP contribution in [0.4, 0.5) is 14.9 Å². The van der Waals surface area contributed by atoms with Gasteiger partial charge < -0.3 is 15.3 Å². The molecule has 5 nitrogen and oxygen atoms in total. The summed E-state index contributed by atoms with van der Waals surface area (Å²) < 4.78 is 12.8. The van der Waals surface area contributed by atoms with E-state index < -0.39 is 0 Å². The van der Waals surface area contributed by atoms with Gasteiger partial charge in [0.05, 0.1) is 6.61 Å². The Hall–Kier alpha value is -2.47. The van der Waals surface area contributed by atoms with Crippen LogP contribution in [0.5, 0.6) is 0 Å². The van der Waals surface area contributed by atoms with Gasteiger partial charge in [0.15, 0.2) is 0 Å². The van der Waals surface area contributed by atoms with Gasteiger partial charge in [-0.05, 0) is 35.9 Å². The Balaban J connectivity index is 2.03. The van der Waals surface area contributed by atoms with E-state index in [-0.39, 0.29) is 25.0 Å². The van der Waals surface area contributed by atoms with E-state index >= 15 is 0 Å². The molecule has 2 N–H and O–H groups in total. The number of amides is 2. The average molecular weight is 289 g/mol. The van der Waals surface area contributed by atoms with Crippen LogP contribution in [0.1, 0.15) is 5.56 Å². The number of rotatable bonds is 5. The second-order valence-corrected chi connectivity index (χ2v) is 4.44. The molecule has 2 aromatic rings. The maximum atomic E-state index is 12.8. The predicted molar refractivity (Wildman–Crippen MR) is 77.2 cm³/mol. The van der Waals surface area contributed by atoms with E-state index in [0.29, 0.717) is 12.2 Å². The standard InChI is InChI=1S/C15H16FN3O2/c16-13-3-5-14(6-4-13)18-15(21)19(8-9-20)11-12-2-1-7-17-10-12/h1-7,10,20H,8-9,11H2,(H,18,21). The second-order valence-electron chi connectivity index (χ2n) is 4.44. The highest BCUT2D eigenvalue weighted by atomic mass is 19.1. The molecular weight excluding hydrogens is 273 g/mol. The molecule has 0 atom stereocenters. The van der Waals surface area contributed by atoms with Crippen LogP contribution >= 0.6 is 0 Å². The van der Waals surface area contributed by atoms with Crippen molar-refractivity contribution in [2.75, 3.05) is 18.5 Å². The van der Waals surface area contributed by atoms with Crippen molar-refractivity contribution in [2.45, 2.75) is 6.54 Å². The highest BCUT2D eigenvalue weighted by Crippen LogP contribution is 2.10. The zero-order chi connectivity index (χ0) is 15.1. The summed E-state index contributed by atoms with van der Waals surface area (Å²) in [7, 11) is 0. The molecule has 110 valence electrons. The molecule has 1 aromatic heterocycles. The first kappa shape index (κ1) is 14.9. The van der Waals surface area contributed by atoms with E-state index in [9.17, 15) is 9.18 Å². The van der Waals surface area contributed by atoms with E-state index in [4.69, 9.17) is 5.11 Å². The molecule has 0 saturated carbocycles. The molecule has 0 saturated heterocycles. The van der Waals surface area contributed by atoms with Crippen LogP contribution in [0.25, 0.3) is 0 Å². The minimum atomic E-state index is -0.365. The molecule has 0 bridgehead atoms. The summed E-state index contributed by atoms with van der Waals surface area (Å²) in [6, 6.07) is 8.77. The van der Waals surface area contributed by atoms with Crippen molar-refractivity contribution in [1.82, 2.24) is 9.88 Å². The molecule has 0 aliphatic heterocycles. The molecular formula is C15H16FN3O2. The first-order valence-electron chi connectivity index (χ1n) is 6.50. The van der Waals surface area contributed by atoms with E-state index in [1.54, 1.807) is 18.5 Å². The minimum Gasteiger partial charge on any atom is -0.395 e. The number of pyridine rings is 1. The van der Waals surface area contributed by atoms with E-state index in [1.165, 1.54) is 29.2 Å². The maximum absolute atomic E-state index is 12.8. The molecule has 0 aliphatic rings. The van der Waals surface area contributed by atoms with Crippen LogP contribution in [0.15, 0.2) is 48.8 Å². The Bertz CT molecular complexity index is 575. The number of carbonyl (C=O) groups excluding carboxylic acids is 1. The van der Waals surface area contributed by atoms with Crippen LogP contribution in [0.2, 0.25) is 0 Å². The molecule has 1 aromatic carbocycles. The zero-order valence-electron chi connectivity index (χ0n) is 11.4. The summed E-state index contributed by atoms with van der Waals surface area (Å²) in [5, 5.41) is 11.7. The smallest absolute Gasteiger partial charge is 0.322 e. The van der Waals surface area contributed by atoms with Gasteiger partial charge in [-0.25, -0.2) is 9.18 Å². The Morgan fingerprint density at radius 2 is 2.05 bits per heavy atom. The molecule has 2 rings (SSSR count). The van der Waals surface area contributed by atoms with Crippen molar-refractivity contribution in [3.8, 4) is 0 Å². The summed E-state index contributed by atoms with van der Waals surface area (Å²) in [4.78, 5) is 17.6. The van der Waals surface area contributed by atoms with Gasteiger partial charge in [-0.15, -0.1) is 0 Å². The quantitative estimate of drug-likeness (QED) is 0.887. The van der Waals surface area contributed by atoms with Crippen LogP contribution in [-0.4, -0.2) is 34.2 Å². The number of nitrogens with one attached hydrogen (secondary N) is 1. The van der Waals surface area contributed by atoms with Crippen molar-refractivity contribution >= 4 is 11.7 Å². The molecule has 0 unspecified atom stereocenters. The fourth-order valence-electron chi connectivity index (χ4n) is 1.82. The molecule has 21 heavy (non-hydrogen) atoms. The van der Waals surface area contributed by atoms with Gasteiger partial charge in [-0.1, -0.05) is 6.07 Å². The molecule has 0 spiro atoms. The fourth-order valence-corrected chi connectivity index (χ4v) is 1.82. The number of hydrogen-bond acceptors (Lipinski definition) is 3. The van der Waals surface area contributed by atoms with Gasteiger partial charge >= 0.3 is 6.03 Å².